The lowest BCUT2D eigenvalue weighted by molar-refractivity contribution is 0.287. The van der Waals surface area contributed by atoms with Crippen molar-refractivity contribution < 1.29 is 9.47 Å². The number of benzene rings is 2. The van der Waals surface area contributed by atoms with Gasteiger partial charge in [0.15, 0.2) is 17.5 Å². The van der Waals surface area contributed by atoms with Crippen molar-refractivity contribution in [3.63, 3.8) is 0 Å². The molecular formula is C25H34IN5O2. The Labute approximate surface area is 213 Å². The first-order valence-electron chi connectivity index (χ1n) is 11.1. The number of aromatic nitrogens is 2. The topological polar surface area (TPSA) is 72.7 Å². The SMILES string of the molecule is CCOc1ccc(CCNC(=NC)NCc2cnn(Cc3ccccc3)c2)cc1OCC.I. The molecule has 3 rings (SSSR count). The van der Waals surface area contributed by atoms with Crippen molar-refractivity contribution in [2.45, 2.75) is 33.4 Å². The zero-order valence-corrected chi connectivity index (χ0v) is 21.9. The van der Waals surface area contributed by atoms with Gasteiger partial charge in [0.2, 0.25) is 0 Å². The molecule has 7 nitrogen and oxygen atoms in total. The predicted octanol–water partition coefficient (Wildman–Crippen LogP) is 4.25. The van der Waals surface area contributed by atoms with Crippen LogP contribution in [-0.2, 0) is 19.5 Å². The summed E-state index contributed by atoms with van der Waals surface area (Å²) in [6.07, 6.45) is 4.79. The molecule has 33 heavy (non-hydrogen) atoms. The van der Waals surface area contributed by atoms with Gasteiger partial charge in [-0.25, -0.2) is 0 Å². The van der Waals surface area contributed by atoms with E-state index in [4.69, 9.17) is 9.47 Å². The van der Waals surface area contributed by atoms with Gasteiger partial charge in [0.05, 0.1) is 26.0 Å². The van der Waals surface area contributed by atoms with Crippen LogP contribution in [0, 0.1) is 0 Å². The third-order valence-corrected chi connectivity index (χ3v) is 4.87. The van der Waals surface area contributed by atoms with Gasteiger partial charge in [-0.2, -0.15) is 5.10 Å². The average molecular weight is 563 g/mol. The summed E-state index contributed by atoms with van der Waals surface area (Å²) in [7, 11) is 1.78. The van der Waals surface area contributed by atoms with Crippen LogP contribution < -0.4 is 20.1 Å². The van der Waals surface area contributed by atoms with Gasteiger partial charge in [-0.15, -0.1) is 24.0 Å². The zero-order chi connectivity index (χ0) is 22.6. The third-order valence-electron chi connectivity index (χ3n) is 4.87. The van der Waals surface area contributed by atoms with Crippen molar-refractivity contribution in [3.05, 3.63) is 77.6 Å². The molecule has 0 atom stereocenters. The largest absolute Gasteiger partial charge is 0.490 e. The van der Waals surface area contributed by atoms with Crippen molar-refractivity contribution in [3.8, 4) is 11.5 Å². The van der Waals surface area contributed by atoms with Crippen molar-refractivity contribution in [2.75, 3.05) is 26.8 Å². The second kappa shape index (κ2) is 14.4. The predicted molar refractivity (Wildman–Crippen MR) is 144 cm³/mol. The highest BCUT2D eigenvalue weighted by atomic mass is 127. The summed E-state index contributed by atoms with van der Waals surface area (Å²) in [5, 5.41) is 11.2. The minimum Gasteiger partial charge on any atom is -0.490 e. The summed E-state index contributed by atoms with van der Waals surface area (Å²) < 4.78 is 13.3. The molecule has 2 aromatic carbocycles. The molecule has 0 aliphatic carbocycles. The van der Waals surface area contributed by atoms with E-state index in [2.05, 4.69) is 45.1 Å². The Bertz CT molecular complexity index is 991. The van der Waals surface area contributed by atoms with Gasteiger partial charge >= 0.3 is 0 Å². The van der Waals surface area contributed by atoms with Crippen LogP contribution in [0.3, 0.4) is 0 Å². The second-order valence-electron chi connectivity index (χ2n) is 7.28. The number of hydrogen-bond donors (Lipinski definition) is 2. The number of rotatable bonds is 11. The highest BCUT2D eigenvalue weighted by Crippen LogP contribution is 2.28. The number of ether oxygens (including phenoxy) is 2. The molecule has 0 aliphatic heterocycles. The number of nitrogens with zero attached hydrogens (tertiary/aromatic N) is 3. The van der Waals surface area contributed by atoms with Crippen molar-refractivity contribution in [1.82, 2.24) is 20.4 Å². The van der Waals surface area contributed by atoms with E-state index in [1.807, 2.05) is 55.1 Å². The molecule has 1 heterocycles. The van der Waals surface area contributed by atoms with E-state index in [1.165, 1.54) is 11.1 Å². The monoisotopic (exact) mass is 563 g/mol. The fourth-order valence-corrected chi connectivity index (χ4v) is 3.34. The number of guanidine groups is 1. The molecule has 0 saturated carbocycles. The van der Waals surface area contributed by atoms with Crippen LogP contribution >= 0.6 is 24.0 Å². The standard InChI is InChI=1S/C25H33N5O2.HI/c1-4-31-23-12-11-20(15-24(23)32-5-2)13-14-27-25(26-3)28-16-22-17-29-30(19-22)18-21-9-7-6-8-10-21;/h6-12,15,17,19H,4-5,13-14,16,18H2,1-3H3,(H2,26,27,28);1H. The Morgan fingerprint density at radius 3 is 2.42 bits per heavy atom. The smallest absolute Gasteiger partial charge is 0.191 e. The number of aliphatic imine (C=N–C) groups is 1. The lowest BCUT2D eigenvalue weighted by Crippen LogP contribution is -2.37. The van der Waals surface area contributed by atoms with Crippen LogP contribution in [0.4, 0.5) is 0 Å². The van der Waals surface area contributed by atoms with Gasteiger partial charge in [0.25, 0.3) is 0 Å². The van der Waals surface area contributed by atoms with E-state index in [9.17, 15) is 0 Å². The van der Waals surface area contributed by atoms with Gasteiger partial charge in [-0.05, 0) is 43.5 Å². The molecule has 178 valence electrons. The first-order chi connectivity index (χ1) is 15.7. The summed E-state index contributed by atoms with van der Waals surface area (Å²) in [6.45, 7) is 7.36. The lowest BCUT2D eigenvalue weighted by atomic mass is 10.1. The first kappa shape index (κ1) is 26.5. The molecule has 0 fully saturated rings. The maximum atomic E-state index is 5.72. The van der Waals surface area contributed by atoms with Gasteiger partial charge in [0, 0.05) is 31.9 Å². The number of halogens is 1. The maximum absolute atomic E-state index is 5.72. The van der Waals surface area contributed by atoms with E-state index in [-0.39, 0.29) is 24.0 Å². The molecular weight excluding hydrogens is 529 g/mol. The molecule has 0 amide bonds. The summed E-state index contributed by atoms with van der Waals surface area (Å²) >= 11 is 0. The molecule has 0 aliphatic rings. The number of nitrogens with one attached hydrogen (secondary N) is 2. The van der Waals surface area contributed by atoms with Crippen LogP contribution in [0.5, 0.6) is 11.5 Å². The van der Waals surface area contributed by atoms with E-state index >= 15 is 0 Å². The lowest BCUT2D eigenvalue weighted by Gasteiger charge is -2.14. The van der Waals surface area contributed by atoms with Crippen LogP contribution in [0.1, 0.15) is 30.5 Å². The Balaban J connectivity index is 0.00000385. The highest BCUT2D eigenvalue weighted by Gasteiger charge is 2.07. The molecule has 0 saturated heterocycles. The maximum Gasteiger partial charge on any atom is 0.191 e. The summed E-state index contributed by atoms with van der Waals surface area (Å²) in [4.78, 5) is 4.32. The van der Waals surface area contributed by atoms with Gasteiger partial charge in [-0.1, -0.05) is 36.4 Å². The van der Waals surface area contributed by atoms with E-state index in [0.717, 1.165) is 42.5 Å². The van der Waals surface area contributed by atoms with Crippen molar-refractivity contribution >= 4 is 29.9 Å². The molecule has 3 aromatic rings. The fourth-order valence-electron chi connectivity index (χ4n) is 3.34. The van der Waals surface area contributed by atoms with Gasteiger partial charge in [0.1, 0.15) is 0 Å². The third kappa shape index (κ3) is 8.60. The van der Waals surface area contributed by atoms with Crippen molar-refractivity contribution in [1.29, 1.82) is 0 Å². The Morgan fingerprint density at radius 1 is 0.939 bits per heavy atom. The molecule has 0 bridgehead atoms. The molecule has 0 unspecified atom stereocenters. The molecule has 2 N–H and O–H groups in total. The van der Waals surface area contributed by atoms with E-state index in [0.29, 0.717) is 19.8 Å². The Hall–Kier alpha value is -2.75. The minimum absolute atomic E-state index is 0. The first-order valence-corrected chi connectivity index (χ1v) is 11.1. The van der Waals surface area contributed by atoms with E-state index < -0.39 is 0 Å². The molecule has 8 heteroatoms. The summed E-state index contributed by atoms with van der Waals surface area (Å²) in [5.74, 6) is 2.34. The molecule has 0 radical (unpaired) electrons. The summed E-state index contributed by atoms with van der Waals surface area (Å²) in [6, 6.07) is 16.4. The summed E-state index contributed by atoms with van der Waals surface area (Å²) in [5.41, 5.74) is 3.52. The van der Waals surface area contributed by atoms with Gasteiger partial charge in [-0.3, -0.25) is 9.67 Å². The second-order valence-corrected chi connectivity index (χ2v) is 7.28. The van der Waals surface area contributed by atoms with Crippen LogP contribution in [-0.4, -0.2) is 42.5 Å². The molecule has 1 aromatic heterocycles. The van der Waals surface area contributed by atoms with E-state index in [1.54, 1.807) is 7.05 Å². The van der Waals surface area contributed by atoms with Crippen LogP contribution in [0.2, 0.25) is 0 Å². The number of hydrogen-bond acceptors (Lipinski definition) is 4. The quantitative estimate of drug-likeness (QED) is 0.207. The Morgan fingerprint density at radius 2 is 1.70 bits per heavy atom. The average Bonchev–Trinajstić information content (AvgIpc) is 3.26. The normalized spacial score (nSPS) is 10.9. The Kier molecular flexibility index (Phi) is 11.6. The van der Waals surface area contributed by atoms with Crippen LogP contribution in [0.15, 0.2) is 65.9 Å². The van der Waals surface area contributed by atoms with Crippen LogP contribution in [0.25, 0.3) is 0 Å². The fraction of sp³-hybridized carbons (Fsp3) is 0.360. The van der Waals surface area contributed by atoms with Crippen molar-refractivity contribution in [2.24, 2.45) is 4.99 Å². The van der Waals surface area contributed by atoms with Gasteiger partial charge < -0.3 is 20.1 Å². The highest BCUT2D eigenvalue weighted by molar-refractivity contribution is 14.0. The molecule has 0 spiro atoms. The zero-order valence-electron chi connectivity index (χ0n) is 19.6. The minimum atomic E-state index is 0.